The highest BCUT2D eigenvalue weighted by molar-refractivity contribution is 7.88. The molecule has 110 valence electrons. The lowest BCUT2D eigenvalue weighted by molar-refractivity contribution is -0.133. The van der Waals surface area contributed by atoms with Crippen LogP contribution in [0.15, 0.2) is 5.16 Å². The topological polar surface area (TPSA) is 134 Å². The van der Waals surface area contributed by atoms with Crippen LogP contribution in [0.2, 0.25) is 0 Å². The van der Waals surface area contributed by atoms with E-state index in [1.54, 1.807) is 0 Å². The Bertz CT molecular complexity index is 468. The molecule has 8 nitrogen and oxygen atoms in total. The van der Waals surface area contributed by atoms with Gasteiger partial charge >= 0.3 is 0 Å². The van der Waals surface area contributed by atoms with Crippen molar-refractivity contribution >= 4 is 21.8 Å². The van der Waals surface area contributed by atoms with E-state index in [0.717, 1.165) is 6.26 Å². The fraction of sp³-hybridized carbons (Fsp3) is 0.800. The van der Waals surface area contributed by atoms with Crippen molar-refractivity contribution in [2.45, 2.75) is 19.8 Å². The van der Waals surface area contributed by atoms with Gasteiger partial charge in [-0.2, -0.15) is 0 Å². The van der Waals surface area contributed by atoms with Crippen molar-refractivity contribution in [3.63, 3.8) is 0 Å². The quantitative estimate of drug-likeness (QED) is 0.161. The number of nitrogens with two attached hydrogens (primary N) is 1. The molecule has 0 unspecified atom stereocenters. The maximum absolute atomic E-state index is 12.1. The fourth-order valence-electron chi connectivity index (χ4n) is 2.32. The zero-order chi connectivity index (χ0) is 14.7. The Labute approximate surface area is 112 Å². The van der Waals surface area contributed by atoms with Gasteiger partial charge in [0, 0.05) is 13.1 Å². The normalized spacial score (nSPS) is 27.7. The molecule has 0 spiro atoms. The third-order valence-electron chi connectivity index (χ3n) is 3.20. The zero-order valence-corrected chi connectivity index (χ0v) is 11.8. The molecular weight excluding hydrogens is 272 g/mol. The SMILES string of the molecule is CC1CC(C(=O)NCCNS(C)(=O)=O)(C(N)=NO)C1. The largest absolute Gasteiger partial charge is 0.409 e. The molecule has 1 amide bonds. The molecule has 0 aliphatic heterocycles. The van der Waals surface area contributed by atoms with Crippen molar-refractivity contribution in [2.75, 3.05) is 19.3 Å². The van der Waals surface area contributed by atoms with Gasteiger partial charge in [-0.3, -0.25) is 4.79 Å². The van der Waals surface area contributed by atoms with Crippen molar-refractivity contribution in [3.8, 4) is 0 Å². The van der Waals surface area contributed by atoms with Gasteiger partial charge in [0.2, 0.25) is 15.9 Å². The van der Waals surface area contributed by atoms with E-state index in [4.69, 9.17) is 10.9 Å². The Kier molecular flexibility index (Phi) is 4.75. The first-order valence-electron chi connectivity index (χ1n) is 5.92. The summed E-state index contributed by atoms with van der Waals surface area (Å²) in [5, 5.41) is 14.3. The van der Waals surface area contributed by atoms with Gasteiger partial charge in [0.1, 0.15) is 5.41 Å². The Balaban J connectivity index is 2.52. The third-order valence-corrected chi connectivity index (χ3v) is 3.93. The Morgan fingerprint density at radius 1 is 1.47 bits per heavy atom. The van der Waals surface area contributed by atoms with E-state index >= 15 is 0 Å². The Hall–Kier alpha value is -1.35. The minimum atomic E-state index is -3.27. The number of oxime groups is 1. The van der Waals surface area contributed by atoms with Crippen LogP contribution in [0.25, 0.3) is 0 Å². The standard InChI is InChI=1S/C10H20N4O4S/c1-7-5-10(6-7,8(11)14-16)9(15)12-3-4-13-19(2,17)18/h7,13,16H,3-6H2,1-2H3,(H2,11,14)(H,12,15). The molecule has 19 heavy (non-hydrogen) atoms. The van der Waals surface area contributed by atoms with E-state index in [1.165, 1.54) is 0 Å². The van der Waals surface area contributed by atoms with Crippen molar-refractivity contribution < 1.29 is 18.4 Å². The number of amidine groups is 1. The number of hydrogen-bond donors (Lipinski definition) is 4. The Morgan fingerprint density at radius 3 is 2.47 bits per heavy atom. The lowest BCUT2D eigenvalue weighted by atomic mass is 9.61. The van der Waals surface area contributed by atoms with Gasteiger partial charge in [-0.15, -0.1) is 0 Å². The number of rotatable bonds is 6. The third kappa shape index (κ3) is 3.80. The van der Waals surface area contributed by atoms with Gasteiger partial charge in [-0.1, -0.05) is 12.1 Å². The molecule has 1 saturated carbocycles. The molecule has 1 aliphatic rings. The monoisotopic (exact) mass is 292 g/mol. The highest BCUT2D eigenvalue weighted by atomic mass is 32.2. The van der Waals surface area contributed by atoms with E-state index in [2.05, 4.69) is 15.2 Å². The highest BCUT2D eigenvalue weighted by Crippen LogP contribution is 2.45. The minimum absolute atomic E-state index is 0.0980. The summed E-state index contributed by atoms with van der Waals surface area (Å²) < 4.78 is 23.9. The second kappa shape index (κ2) is 5.74. The van der Waals surface area contributed by atoms with E-state index in [-0.39, 0.29) is 24.8 Å². The summed E-state index contributed by atoms with van der Waals surface area (Å²) in [5.74, 6) is -0.101. The lowest BCUT2D eigenvalue weighted by Gasteiger charge is -2.43. The summed E-state index contributed by atoms with van der Waals surface area (Å²) in [4.78, 5) is 12.1. The van der Waals surface area contributed by atoms with Gasteiger partial charge in [-0.05, 0) is 18.8 Å². The molecule has 1 fully saturated rings. The minimum Gasteiger partial charge on any atom is -0.409 e. The number of hydrogen-bond acceptors (Lipinski definition) is 5. The molecule has 0 aromatic carbocycles. The van der Waals surface area contributed by atoms with Crippen LogP contribution in [0, 0.1) is 11.3 Å². The van der Waals surface area contributed by atoms with Crippen LogP contribution in [-0.4, -0.2) is 44.7 Å². The van der Waals surface area contributed by atoms with Gasteiger partial charge in [0.15, 0.2) is 5.84 Å². The van der Waals surface area contributed by atoms with Crippen LogP contribution in [0.4, 0.5) is 0 Å². The van der Waals surface area contributed by atoms with E-state index in [9.17, 15) is 13.2 Å². The second-order valence-electron chi connectivity index (χ2n) is 5.00. The average Bonchev–Trinajstić information content (AvgIpc) is 2.27. The number of nitrogens with zero attached hydrogens (tertiary/aromatic N) is 1. The molecule has 0 bridgehead atoms. The molecule has 0 aromatic rings. The smallest absolute Gasteiger partial charge is 0.234 e. The molecule has 0 atom stereocenters. The number of nitrogens with one attached hydrogen (secondary N) is 2. The summed E-state index contributed by atoms with van der Waals surface area (Å²) in [7, 11) is -3.27. The van der Waals surface area contributed by atoms with Gasteiger partial charge in [0.25, 0.3) is 0 Å². The zero-order valence-electron chi connectivity index (χ0n) is 11.0. The number of amides is 1. The predicted octanol–water partition coefficient (Wildman–Crippen LogP) is -1.19. The van der Waals surface area contributed by atoms with E-state index in [1.807, 2.05) is 6.92 Å². The van der Waals surface area contributed by atoms with Crippen molar-refractivity contribution in [1.82, 2.24) is 10.0 Å². The van der Waals surface area contributed by atoms with Crippen LogP contribution >= 0.6 is 0 Å². The van der Waals surface area contributed by atoms with Crippen LogP contribution in [-0.2, 0) is 14.8 Å². The molecule has 1 rings (SSSR count). The highest BCUT2D eigenvalue weighted by Gasteiger charge is 2.51. The molecule has 5 N–H and O–H groups in total. The summed E-state index contributed by atoms with van der Waals surface area (Å²) in [6.07, 6.45) is 2.09. The predicted molar refractivity (Wildman–Crippen MR) is 70.1 cm³/mol. The number of carbonyl (C=O) groups is 1. The van der Waals surface area contributed by atoms with Gasteiger partial charge in [0.05, 0.1) is 6.26 Å². The molecule has 0 radical (unpaired) electrons. The van der Waals surface area contributed by atoms with Crippen LogP contribution in [0.3, 0.4) is 0 Å². The summed E-state index contributed by atoms with van der Waals surface area (Å²) >= 11 is 0. The summed E-state index contributed by atoms with van der Waals surface area (Å²) in [6, 6.07) is 0. The maximum Gasteiger partial charge on any atom is 0.234 e. The summed E-state index contributed by atoms with van der Waals surface area (Å²) in [5.41, 5.74) is 4.62. The van der Waals surface area contributed by atoms with Crippen LogP contribution < -0.4 is 15.8 Å². The summed E-state index contributed by atoms with van der Waals surface area (Å²) in [6.45, 7) is 2.23. The molecule has 9 heteroatoms. The van der Waals surface area contributed by atoms with Crippen molar-refractivity contribution in [3.05, 3.63) is 0 Å². The fourth-order valence-corrected chi connectivity index (χ4v) is 2.79. The molecule has 0 saturated heterocycles. The second-order valence-corrected chi connectivity index (χ2v) is 6.84. The van der Waals surface area contributed by atoms with Crippen molar-refractivity contribution in [1.29, 1.82) is 0 Å². The first kappa shape index (κ1) is 15.7. The molecule has 0 aromatic heterocycles. The van der Waals surface area contributed by atoms with Gasteiger partial charge < -0.3 is 16.3 Å². The van der Waals surface area contributed by atoms with E-state index < -0.39 is 15.4 Å². The van der Waals surface area contributed by atoms with Crippen molar-refractivity contribution in [2.24, 2.45) is 22.2 Å². The maximum atomic E-state index is 12.1. The number of carbonyl (C=O) groups excluding carboxylic acids is 1. The van der Waals surface area contributed by atoms with Crippen LogP contribution in [0.5, 0.6) is 0 Å². The van der Waals surface area contributed by atoms with E-state index in [0.29, 0.717) is 18.8 Å². The number of sulfonamides is 1. The van der Waals surface area contributed by atoms with Crippen LogP contribution in [0.1, 0.15) is 19.8 Å². The lowest BCUT2D eigenvalue weighted by Crippen LogP contribution is -2.57. The van der Waals surface area contributed by atoms with Gasteiger partial charge in [-0.25, -0.2) is 13.1 Å². The first-order valence-corrected chi connectivity index (χ1v) is 7.81. The molecule has 0 heterocycles. The molecule has 1 aliphatic carbocycles. The first-order chi connectivity index (χ1) is 8.71. The molecular formula is C10H20N4O4S. The Morgan fingerprint density at radius 2 is 2.05 bits per heavy atom. The average molecular weight is 292 g/mol.